The number of nitrogens with zero attached hydrogens (tertiary/aromatic N) is 3. The van der Waals surface area contributed by atoms with Crippen LogP contribution in [0.15, 0.2) is 36.5 Å². The highest BCUT2D eigenvalue weighted by atomic mass is 16.3. The monoisotopic (exact) mass is 328 g/mol. The Morgan fingerprint density at radius 1 is 1.21 bits per heavy atom. The number of pyridine rings is 1. The molecule has 0 saturated carbocycles. The third-order valence-electron chi connectivity index (χ3n) is 4.68. The first-order valence-corrected chi connectivity index (χ1v) is 8.27. The summed E-state index contributed by atoms with van der Waals surface area (Å²) >= 11 is 0. The average Bonchev–Trinajstić information content (AvgIpc) is 2.62. The van der Waals surface area contributed by atoms with E-state index in [-0.39, 0.29) is 18.2 Å². The van der Waals surface area contributed by atoms with Crippen molar-refractivity contribution >= 4 is 22.6 Å². The lowest BCUT2D eigenvalue weighted by molar-refractivity contribution is 0.0267. The van der Waals surface area contributed by atoms with Crippen molar-refractivity contribution in [2.75, 3.05) is 38.1 Å². The van der Waals surface area contributed by atoms with Crippen molar-refractivity contribution in [3.05, 3.63) is 36.5 Å². The maximum atomic E-state index is 12.6. The molecular formula is C18H24N4O2. The smallest absolute Gasteiger partial charge is 0.321 e. The van der Waals surface area contributed by atoms with Crippen molar-refractivity contribution in [3.63, 3.8) is 0 Å². The topological polar surface area (TPSA) is 68.7 Å². The van der Waals surface area contributed by atoms with Crippen LogP contribution in [-0.4, -0.2) is 64.2 Å². The molecule has 1 aromatic carbocycles. The van der Waals surface area contributed by atoms with Gasteiger partial charge in [-0.3, -0.25) is 9.88 Å². The van der Waals surface area contributed by atoms with E-state index < -0.39 is 0 Å². The standard InChI is InChI=1S/C18H24N4O2/c1-18(2,13-23)22-11-9-21(10-12-22)17(24)20-15-7-3-5-14-6-4-8-19-16(14)15/h3-8,23H,9-13H2,1-2H3,(H,20,24). The Bertz CT molecular complexity index is 719. The molecule has 1 aliphatic rings. The van der Waals surface area contributed by atoms with Gasteiger partial charge in [0.1, 0.15) is 0 Å². The quantitative estimate of drug-likeness (QED) is 0.906. The largest absolute Gasteiger partial charge is 0.394 e. The highest BCUT2D eigenvalue weighted by molar-refractivity contribution is 5.99. The summed E-state index contributed by atoms with van der Waals surface area (Å²) in [5.74, 6) is 0. The number of piperazine rings is 1. The Morgan fingerprint density at radius 2 is 1.92 bits per heavy atom. The lowest BCUT2D eigenvalue weighted by Gasteiger charge is -2.43. The van der Waals surface area contributed by atoms with Crippen LogP contribution in [0.25, 0.3) is 10.9 Å². The van der Waals surface area contributed by atoms with Crippen molar-refractivity contribution in [1.82, 2.24) is 14.8 Å². The number of urea groups is 1. The number of carbonyl (C=O) groups excluding carboxylic acids is 1. The number of aliphatic hydroxyl groups excluding tert-OH is 1. The zero-order chi connectivity index (χ0) is 17.2. The number of rotatable bonds is 3. The minimum atomic E-state index is -0.248. The molecule has 0 spiro atoms. The van der Waals surface area contributed by atoms with Crippen molar-refractivity contribution in [3.8, 4) is 0 Å². The first-order valence-electron chi connectivity index (χ1n) is 8.27. The van der Waals surface area contributed by atoms with Crippen LogP contribution in [0, 0.1) is 0 Å². The van der Waals surface area contributed by atoms with E-state index in [9.17, 15) is 9.90 Å². The number of para-hydroxylation sites is 1. The summed E-state index contributed by atoms with van der Waals surface area (Å²) in [6.45, 7) is 6.96. The number of benzene rings is 1. The first-order chi connectivity index (χ1) is 11.5. The molecule has 128 valence electrons. The number of amides is 2. The van der Waals surface area contributed by atoms with Crippen LogP contribution in [0.4, 0.5) is 10.5 Å². The molecule has 1 fully saturated rings. The number of aromatic nitrogens is 1. The van der Waals surface area contributed by atoms with Gasteiger partial charge >= 0.3 is 6.03 Å². The van der Waals surface area contributed by atoms with Crippen LogP contribution in [-0.2, 0) is 0 Å². The summed E-state index contributed by atoms with van der Waals surface area (Å²) in [5.41, 5.74) is 1.28. The number of nitrogens with one attached hydrogen (secondary N) is 1. The van der Waals surface area contributed by atoms with Crippen molar-refractivity contribution < 1.29 is 9.90 Å². The van der Waals surface area contributed by atoms with Gasteiger partial charge in [-0.1, -0.05) is 18.2 Å². The van der Waals surface area contributed by atoms with Gasteiger partial charge in [-0.2, -0.15) is 0 Å². The van der Waals surface area contributed by atoms with E-state index in [1.807, 2.05) is 49.1 Å². The van der Waals surface area contributed by atoms with Crippen LogP contribution in [0.3, 0.4) is 0 Å². The van der Waals surface area contributed by atoms with E-state index in [1.165, 1.54) is 0 Å². The summed E-state index contributed by atoms with van der Waals surface area (Å²) in [6.07, 6.45) is 1.73. The Kier molecular flexibility index (Phi) is 4.69. The molecule has 0 aliphatic carbocycles. The van der Waals surface area contributed by atoms with Crippen LogP contribution in [0.1, 0.15) is 13.8 Å². The number of aliphatic hydroxyl groups is 1. The van der Waals surface area contributed by atoms with Gasteiger partial charge in [-0.25, -0.2) is 4.79 Å². The number of fused-ring (bicyclic) bond motifs is 1. The first kappa shape index (κ1) is 16.7. The van der Waals surface area contributed by atoms with Crippen LogP contribution in [0.2, 0.25) is 0 Å². The van der Waals surface area contributed by atoms with Crippen LogP contribution < -0.4 is 5.32 Å². The molecule has 6 nitrogen and oxygen atoms in total. The van der Waals surface area contributed by atoms with Gasteiger partial charge < -0.3 is 15.3 Å². The van der Waals surface area contributed by atoms with Crippen LogP contribution >= 0.6 is 0 Å². The second-order valence-corrected chi connectivity index (χ2v) is 6.76. The van der Waals surface area contributed by atoms with E-state index in [2.05, 4.69) is 15.2 Å². The highest BCUT2D eigenvalue weighted by Gasteiger charge is 2.30. The van der Waals surface area contributed by atoms with Crippen molar-refractivity contribution in [2.45, 2.75) is 19.4 Å². The second-order valence-electron chi connectivity index (χ2n) is 6.76. The molecule has 3 rings (SSSR count). The second kappa shape index (κ2) is 6.75. The lowest BCUT2D eigenvalue weighted by Crippen LogP contribution is -2.57. The SMILES string of the molecule is CC(C)(CO)N1CCN(C(=O)Nc2cccc3cccnc23)CC1. The Balaban J connectivity index is 1.66. The highest BCUT2D eigenvalue weighted by Crippen LogP contribution is 2.22. The molecule has 2 heterocycles. The molecule has 0 radical (unpaired) electrons. The fraction of sp³-hybridized carbons (Fsp3) is 0.444. The molecule has 0 unspecified atom stereocenters. The fourth-order valence-electron chi connectivity index (χ4n) is 3.01. The number of hydrogen-bond donors (Lipinski definition) is 2. The van der Waals surface area contributed by atoms with Gasteiger partial charge in [0.25, 0.3) is 0 Å². The molecule has 2 amide bonds. The molecule has 1 aromatic heterocycles. The van der Waals surface area contributed by atoms with E-state index in [0.29, 0.717) is 13.1 Å². The summed E-state index contributed by atoms with van der Waals surface area (Å²) in [5, 5.41) is 13.5. The third-order valence-corrected chi connectivity index (χ3v) is 4.68. The predicted octanol–water partition coefficient (Wildman–Crippen LogP) is 2.16. The minimum Gasteiger partial charge on any atom is -0.394 e. The summed E-state index contributed by atoms with van der Waals surface area (Å²) in [6, 6.07) is 9.53. The lowest BCUT2D eigenvalue weighted by atomic mass is 10.0. The van der Waals surface area contributed by atoms with E-state index in [0.717, 1.165) is 29.7 Å². The van der Waals surface area contributed by atoms with Gasteiger partial charge in [0.05, 0.1) is 17.8 Å². The average molecular weight is 328 g/mol. The Labute approximate surface area is 142 Å². The summed E-state index contributed by atoms with van der Waals surface area (Å²) in [4.78, 5) is 21.0. The summed E-state index contributed by atoms with van der Waals surface area (Å²) < 4.78 is 0. The van der Waals surface area contributed by atoms with E-state index >= 15 is 0 Å². The molecule has 2 aromatic rings. The third kappa shape index (κ3) is 3.34. The van der Waals surface area contributed by atoms with Crippen molar-refractivity contribution in [1.29, 1.82) is 0 Å². The molecule has 0 bridgehead atoms. The van der Waals surface area contributed by atoms with Gasteiger partial charge in [-0.15, -0.1) is 0 Å². The molecule has 1 saturated heterocycles. The number of hydrogen-bond acceptors (Lipinski definition) is 4. The van der Waals surface area contributed by atoms with E-state index in [4.69, 9.17) is 0 Å². The summed E-state index contributed by atoms with van der Waals surface area (Å²) in [7, 11) is 0. The number of anilines is 1. The maximum Gasteiger partial charge on any atom is 0.321 e. The van der Waals surface area contributed by atoms with E-state index in [1.54, 1.807) is 6.20 Å². The zero-order valence-corrected chi connectivity index (χ0v) is 14.2. The normalized spacial score (nSPS) is 16.4. The van der Waals surface area contributed by atoms with Crippen LogP contribution in [0.5, 0.6) is 0 Å². The maximum absolute atomic E-state index is 12.6. The van der Waals surface area contributed by atoms with Gasteiger partial charge in [0, 0.05) is 43.3 Å². The minimum absolute atomic E-state index is 0.102. The zero-order valence-electron chi connectivity index (χ0n) is 14.2. The molecule has 24 heavy (non-hydrogen) atoms. The van der Waals surface area contributed by atoms with Gasteiger partial charge in [0.15, 0.2) is 0 Å². The fourth-order valence-corrected chi connectivity index (χ4v) is 3.01. The molecular weight excluding hydrogens is 304 g/mol. The van der Waals surface area contributed by atoms with Crippen molar-refractivity contribution in [2.24, 2.45) is 0 Å². The van der Waals surface area contributed by atoms with Gasteiger partial charge in [-0.05, 0) is 26.0 Å². The molecule has 0 atom stereocenters. The van der Waals surface area contributed by atoms with Gasteiger partial charge in [0.2, 0.25) is 0 Å². The predicted molar refractivity (Wildman–Crippen MR) is 95.1 cm³/mol. The molecule has 1 aliphatic heterocycles. The number of carbonyl (C=O) groups is 1. The molecule has 2 N–H and O–H groups in total. The Morgan fingerprint density at radius 3 is 2.62 bits per heavy atom. The molecule has 6 heteroatoms. The Hall–Kier alpha value is -2.18.